The lowest BCUT2D eigenvalue weighted by Crippen LogP contribution is -2.38. The van der Waals surface area contributed by atoms with Crippen LogP contribution in [0, 0.1) is 0 Å². The Hall–Kier alpha value is -2.02. The SMILES string of the molecule is Nc1cccc(OCC(=O)NC2C=CS(=O)(=O)C2)c1. The van der Waals surface area contributed by atoms with Crippen molar-refractivity contribution in [2.24, 2.45) is 0 Å². The Morgan fingerprint density at radius 1 is 1.47 bits per heavy atom. The third kappa shape index (κ3) is 3.99. The smallest absolute Gasteiger partial charge is 0.258 e. The van der Waals surface area contributed by atoms with E-state index in [9.17, 15) is 13.2 Å². The molecule has 0 saturated heterocycles. The molecule has 0 bridgehead atoms. The van der Waals surface area contributed by atoms with Crippen molar-refractivity contribution < 1.29 is 17.9 Å². The predicted molar refractivity (Wildman–Crippen MR) is 71.2 cm³/mol. The zero-order valence-electron chi connectivity index (χ0n) is 10.1. The van der Waals surface area contributed by atoms with E-state index < -0.39 is 15.9 Å². The van der Waals surface area contributed by atoms with Gasteiger partial charge in [0.1, 0.15) is 5.75 Å². The van der Waals surface area contributed by atoms with Gasteiger partial charge in [-0.3, -0.25) is 4.79 Å². The second-order valence-corrected chi connectivity index (χ2v) is 6.12. The number of rotatable bonds is 4. The van der Waals surface area contributed by atoms with Crippen LogP contribution in [0.3, 0.4) is 0 Å². The molecule has 1 unspecified atom stereocenters. The minimum absolute atomic E-state index is 0.100. The summed E-state index contributed by atoms with van der Waals surface area (Å²) in [5.74, 6) is 0.00993. The molecule has 6 nitrogen and oxygen atoms in total. The first-order chi connectivity index (χ1) is 8.94. The highest BCUT2D eigenvalue weighted by molar-refractivity contribution is 7.94. The van der Waals surface area contributed by atoms with E-state index in [1.165, 1.54) is 6.08 Å². The Kier molecular flexibility index (Phi) is 3.75. The first-order valence-electron chi connectivity index (χ1n) is 5.63. The molecule has 1 heterocycles. The first kappa shape index (κ1) is 13.4. The normalized spacial score (nSPS) is 20.1. The Balaban J connectivity index is 1.81. The van der Waals surface area contributed by atoms with Crippen molar-refractivity contribution in [1.82, 2.24) is 5.32 Å². The van der Waals surface area contributed by atoms with Gasteiger partial charge in [-0.2, -0.15) is 0 Å². The highest BCUT2D eigenvalue weighted by Gasteiger charge is 2.22. The van der Waals surface area contributed by atoms with E-state index in [-0.39, 0.29) is 18.3 Å². The Morgan fingerprint density at radius 2 is 2.26 bits per heavy atom. The molecule has 2 rings (SSSR count). The van der Waals surface area contributed by atoms with Crippen LogP contribution < -0.4 is 15.8 Å². The highest BCUT2D eigenvalue weighted by Crippen LogP contribution is 2.14. The molecule has 102 valence electrons. The molecule has 0 aliphatic carbocycles. The summed E-state index contributed by atoms with van der Waals surface area (Å²) >= 11 is 0. The molecule has 1 aromatic rings. The first-order valence-corrected chi connectivity index (χ1v) is 7.35. The van der Waals surface area contributed by atoms with Crippen LogP contribution in [0.15, 0.2) is 35.7 Å². The van der Waals surface area contributed by atoms with Crippen LogP contribution in [0.1, 0.15) is 0 Å². The van der Waals surface area contributed by atoms with Crippen LogP contribution in [0.2, 0.25) is 0 Å². The van der Waals surface area contributed by atoms with Gasteiger partial charge in [0.2, 0.25) is 0 Å². The van der Waals surface area contributed by atoms with E-state index in [1.54, 1.807) is 24.3 Å². The third-order valence-electron chi connectivity index (χ3n) is 2.50. The topological polar surface area (TPSA) is 98.5 Å². The summed E-state index contributed by atoms with van der Waals surface area (Å²) in [5.41, 5.74) is 6.11. The van der Waals surface area contributed by atoms with Gasteiger partial charge in [0.05, 0.1) is 11.8 Å². The number of carbonyl (C=O) groups is 1. The molecular formula is C12H14N2O4S. The van der Waals surface area contributed by atoms with Crippen LogP contribution in [0.25, 0.3) is 0 Å². The summed E-state index contributed by atoms with van der Waals surface area (Å²) in [7, 11) is -3.17. The molecule has 1 amide bonds. The predicted octanol–water partition coefficient (Wildman–Crippen LogP) is 0.0745. The monoisotopic (exact) mass is 282 g/mol. The van der Waals surface area contributed by atoms with E-state index in [4.69, 9.17) is 10.5 Å². The molecule has 3 N–H and O–H groups in total. The zero-order valence-corrected chi connectivity index (χ0v) is 10.9. The zero-order chi connectivity index (χ0) is 13.9. The van der Waals surface area contributed by atoms with Gasteiger partial charge in [-0.1, -0.05) is 6.07 Å². The lowest BCUT2D eigenvalue weighted by Gasteiger charge is -2.11. The number of nitrogens with two attached hydrogens (primary N) is 1. The minimum atomic E-state index is -3.17. The number of carbonyl (C=O) groups excluding carboxylic acids is 1. The number of nitrogen functional groups attached to an aromatic ring is 1. The molecule has 1 aromatic carbocycles. The molecule has 1 aliphatic rings. The van der Waals surface area contributed by atoms with Gasteiger partial charge in [0, 0.05) is 17.2 Å². The molecule has 19 heavy (non-hydrogen) atoms. The highest BCUT2D eigenvalue weighted by atomic mass is 32.2. The van der Waals surface area contributed by atoms with Crippen molar-refractivity contribution >= 4 is 21.4 Å². The number of benzene rings is 1. The molecule has 1 atom stereocenters. The standard InChI is InChI=1S/C12H14N2O4S/c13-9-2-1-3-11(6-9)18-7-12(15)14-10-4-5-19(16,17)8-10/h1-6,10H,7-8,13H2,(H,14,15). The quantitative estimate of drug-likeness (QED) is 0.762. The van der Waals surface area contributed by atoms with Crippen LogP contribution in [0.4, 0.5) is 5.69 Å². The van der Waals surface area contributed by atoms with Crippen LogP contribution in [-0.4, -0.2) is 32.7 Å². The third-order valence-corrected chi connectivity index (χ3v) is 3.90. The van der Waals surface area contributed by atoms with Gasteiger partial charge in [0.15, 0.2) is 16.4 Å². The van der Waals surface area contributed by atoms with Crippen molar-refractivity contribution in [2.75, 3.05) is 18.1 Å². The minimum Gasteiger partial charge on any atom is -0.484 e. The second kappa shape index (κ2) is 5.31. The fourth-order valence-electron chi connectivity index (χ4n) is 1.67. The van der Waals surface area contributed by atoms with E-state index in [0.717, 1.165) is 5.41 Å². The van der Waals surface area contributed by atoms with Crippen molar-refractivity contribution in [2.45, 2.75) is 6.04 Å². The number of nitrogens with one attached hydrogen (secondary N) is 1. The van der Waals surface area contributed by atoms with Crippen molar-refractivity contribution in [3.8, 4) is 5.75 Å². The van der Waals surface area contributed by atoms with Gasteiger partial charge >= 0.3 is 0 Å². The molecule has 1 aliphatic heterocycles. The van der Waals surface area contributed by atoms with Gasteiger partial charge in [-0.25, -0.2) is 8.42 Å². The number of ether oxygens (including phenoxy) is 1. The lowest BCUT2D eigenvalue weighted by atomic mass is 10.3. The van der Waals surface area contributed by atoms with Crippen LogP contribution in [0.5, 0.6) is 5.75 Å². The lowest BCUT2D eigenvalue weighted by molar-refractivity contribution is -0.123. The van der Waals surface area contributed by atoms with Gasteiger partial charge in [-0.15, -0.1) is 0 Å². The van der Waals surface area contributed by atoms with Gasteiger partial charge in [-0.05, 0) is 18.2 Å². The summed E-state index contributed by atoms with van der Waals surface area (Å²) in [4.78, 5) is 11.6. The maximum atomic E-state index is 11.6. The van der Waals surface area contributed by atoms with Crippen LogP contribution in [-0.2, 0) is 14.6 Å². The summed E-state index contributed by atoms with van der Waals surface area (Å²) in [5, 5.41) is 3.67. The molecule has 0 aromatic heterocycles. The van der Waals surface area contributed by atoms with Gasteiger partial charge < -0.3 is 15.8 Å². The van der Waals surface area contributed by atoms with E-state index in [0.29, 0.717) is 11.4 Å². The average Bonchev–Trinajstić information content (AvgIpc) is 2.66. The number of sulfone groups is 1. The van der Waals surface area contributed by atoms with Crippen molar-refractivity contribution in [1.29, 1.82) is 0 Å². The van der Waals surface area contributed by atoms with E-state index in [2.05, 4.69) is 5.32 Å². The molecular weight excluding hydrogens is 268 g/mol. The Bertz CT molecular complexity index is 610. The summed E-state index contributed by atoms with van der Waals surface area (Å²) in [6, 6.07) is 6.23. The largest absolute Gasteiger partial charge is 0.484 e. The molecule has 0 saturated carbocycles. The average molecular weight is 282 g/mol. The summed E-state index contributed by atoms with van der Waals surface area (Å²) in [6.07, 6.45) is 1.45. The van der Waals surface area contributed by atoms with Gasteiger partial charge in [0.25, 0.3) is 5.91 Å². The maximum Gasteiger partial charge on any atom is 0.258 e. The Morgan fingerprint density at radius 3 is 2.89 bits per heavy atom. The number of amides is 1. The van der Waals surface area contributed by atoms with Crippen molar-refractivity contribution in [3.63, 3.8) is 0 Å². The summed E-state index contributed by atoms with van der Waals surface area (Å²) in [6.45, 7) is -0.187. The fourth-order valence-corrected chi connectivity index (χ4v) is 2.90. The number of hydrogen-bond acceptors (Lipinski definition) is 5. The fraction of sp³-hybridized carbons (Fsp3) is 0.250. The molecule has 0 spiro atoms. The Labute approximate surface area is 111 Å². The van der Waals surface area contributed by atoms with Crippen LogP contribution >= 0.6 is 0 Å². The summed E-state index contributed by atoms with van der Waals surface area (Å²) < 4.78 is 27.6. The maximum absolute atomic E-state index is 11.6. The molecule has 0 fully saturated rings. The molecule has 7 heteroatoms. The van der Waals surface area contributed by atoms with E-state index >= 15 is 0 Å². The van der Waals surface area contributed by atoms with E-state index in [1.807, 2.05) is 0 Å². The number of anilines is 1. The van der Waals surface area contributed by atoms with Crippen molar-refractivity contribution in [3.05, 3.63) is 35.7 Å². The second-order valence-electron chi connectivity index (χ2n) is 4.19. The number of hydrogen-bond donors (Lipinski definition) is 2. The molecule has 0 radical (unpaired) electrons.